The van der Waals surface area contributed by atoms with E-state index in [0.29, 0.717) is 15.7 Å². The first kappa shape index (κ1) is 17.4. The van der Waals surface area contributed by atoms with Crippen LogP contribution in [0.1, 0.15) is 15.2 Å². The molecule has 2 aromatic heterocycles. The van der Waals surface area contributed by atoms with Crippen molar-refractivity contribution in [3.8, 4) is 17.0 Å². The van der Waals surface area contributed by atoms with E-state index in [1.165, 1.54) is 23.1 Å². The van der Waals surface area contributed by atoms with Crippen LogP contribution in [0, 0.1) is 6.92 Å². The molecular formula is C18H17N3O2S2. The standard InChI is InChI=1S/C18H17N3O2S2/c1-11-15(12-6-8-13(23-2)9-7-12)20-18(25-11)21-16(22)14-5-4-10-19-17(14)24-3/h4-10H,1-3H3,(H,20,21,22). The van der Waals surface area contributed by atoms with Gasteiger partial charge in [0.2, 0.25) is 0 Å². The maximum Gasteiger partial charge on any atom is 0.260 e. The Hall–Kier alpha value is -2.38. The van der Waals surface area contributed by atoms with Crippen molar-refractivity contribution in [3.63, 3.8) is 0 Å². The molecule has 0 saturated heterocycles. The number of ether oxygens (including phenoxy) is 1. The highest BCUT2D eigenvalue weighted by atomic mass is 32.2. The summed E-state index contributed by atoms with van der Waals surface area (Å²) in [7, 11) is 1.64. The Morgan fingerprint density at radius 3 is 2.68 bits per heavy atom. The van der Waals surface area contributed by atoms with Crippen LogP contribution >= 0.6 is 23.1 Å². The van der Waals surface area contributed by atoms with Gasteiger partial charge in [0.25, 0.3) is 5.91 Å². The third-order valence-electron chi connectivity index (χ3n) is 3.59. The van der Waals surface area contributed by atoms with Gasteiger partial charge in [0.15, 0.2) is 5.13 Å². The van der Waals surface area contributed by atoms with Gasteiger partial charge in [-0.2, -0.15) is 0 Å². The van der Waals surface area contributed by atoms with Crippen molar-refractivity contribution in [3.05, 3.63) is 53.0 Å². The molecule has 25 heavy (non-hydrogen) atoms. The van der Waals surface area contributed by atoms with E-state index in [9.17, 15) is 4.79 Å². The van der Waals surface area contributed by atoms with Crippen molar-refractivity contribution in [1.82, 2.24) is 9.97 Å². The topological polar surface area (TPSA) is 64.1 Å². The first-order valence-corrected chi connectivity index (χ1v) is 9.58. The molecule has 0 aliphatic heterocycles. The molecule has 0 aliphatic rings. The number of carbonyl (C=O) groups excluding carboxylic acids is 1. The van der Waals surface area contributed by atoms with Crippen molar-refractivity contribution in [1.29, 1.82) is 0 Å². The van der Waals surface area contributed by atoms with E-state index in [1.54, 1.807) is 25.4 Å². The van der Waals surface area contributed by atoms with Gasteiger partial charge >= 0.3 is 0 Å². The summed E-state index contributed by atoms with van der Waals surface area (Å²) in [6.45, 7) is 1.99. The van der Waals surface area contributed by atoms with Gasteiger partial charge in [0.1, 0.15) is 10.8 Å². The normalized spacial score (nSPS) is 10.5. The van der Waals surface area contributed by atoms with E-state index in [4.69, 9.17) is 4.74 Å². The van der Waals surface area contributed by atoms with E-state index < -0.39 is 0 Å². The molecule has 3 rings (SSSR count). The summed E-state index contributed by atoms with van der Waals surface area (Å²) in [5.74, 6) is 0.596. The molecule has 2 heterocycles. The van der Waals surface area contributed by atoms with E-state index >= 15 is 0 Å². The molecule has 1 aromatic carbocycles. The largest absolute Gasteiger partial charge is 0.497 e. The van der Waals surface area contributed by atoms with Gasteiger partial charge in [-0.15, -0.1) is 23.1 Å². The fourth-order valence-corrected chi connectivity index (χ4v) is 3.74. The maximum atomic E-state index is 12.5. The zero-order valence-corrected chi connectivity index (χ0v) is 15.7. The van der Waals surface area contributed by atoms with Crippen LogP contribution in [0.5, 0.6) is 5.75 Å². The molecule has 0 spiro atoms. The zero-order valence-electron chi connectivity index (χ0n) is 14.1. The fraction of sp³-hybridized carbons (Fsp3) is 0.167. The van der Waals surface area contributed by atoms with Gasteiger partial charge in [0.05, 0.1) is 18.4 Å². The first-order valence-electron chi connectivity index (χ1n) is 7.54. The molecule has 128 valence electrons. The van der Waals surface area contributed by atoms with Gasteiger partial charge in [-0.05, 0) is 49.6 Å². The van der Waals surface area contributed by atoms with Crippen LogP contribution < -0.4 is 10.1 Å². The van der Waals surface area contributed by atoms with Crippen molar-refractivity contribution >= 4 is 34.1 Å². The minimum Gasteiger partial charge on any atom is -0.497 e. The second-order valence-corrected chi connectivity index (χ2v) is 7.16. The number of carbonyl (C=O) groups is 1. The number of nitrogens with zero attached hydrogens (tertiary/aromatic N) is 2. The Bertz CT molecular complexity index is 892. The number of nitrogens with one attached hydrogen (secondary N) is 1. The molecule has 7 heteroatoms. The summed E-state index contributed by atoms with van der Waals surface area (Å²) in [6.07, 6.45) is 3.58. The average Bonchev–Trinajstić information content (AvgIpc) is 3.01. The second kappa shape index (κ2) is 7.67. The number of thiazole rings is 1. The van der Waals surface area contributed by atoms with E-state index in [2.05, 4.69) is 15.3 Å². The predicted octanol–water partition coefficient (Wildman–Crippen LogP) is 4.50. The number of thioether (sulfide) groups is 1. The van der Waals surface area contributed by atoms with Crippen LogP contribution in [0.4, 0.5) is 5.13 Å². The van der Waals surface area contributed by atoms with Crippen molar-refractivity contribution in [2.24, 2.45) is 0 Å². The number of anilines is 1. The lowest BCUT2D eigenvalue weighted by atomic mass is 10.1. The minimum absolute atomic E-state index is 0.201. The van der Waals surface area contributed by atoms with Gasteiger partial charge < -0.3 is 4.74 Å². The van der Waals surface area contributed by atoms with Gasteiger partial charge in [-0.25, -0.2) is 9.97 Å². The summed E-state index contributed by atoms with van der Waals surface area (Å²) in [5.41, 5.74) is 2.40. The minimum atomic E-state index is -0.201. The van der Waals surface area contributed by atoms with Gasteiger partial charge in [-0.1, -0.05) is 0 Å². The third-order valence-corrected chi connectivity index (χ3v) is 5.19. The molecule has 0 aliphatic carbocycles. The fourth-order valence-electron chi connectivity index (χ4n) is 2.36. The number of hydrogen-bond donors (Lipinski definition) is 1. The van der Waals surface area contributed by atoms with Crippen LogP contribution in [-0.2, 0) is 0 Å². The Kier molecular flexibility index (Phi) is 5.35. The lowest BCUT2D eigenvalue weighted by molar-refractivity contribution is 0.102. The number of rotatable bonds is 5. The number of amides is 1. The van der Waals surface area contributed by atoms with Crippen LogP contribution in [0.15, 0.2) is 47.6 Å². The number of methoxy groups -OCH3 is 1. The first-order chi connectivity index (χ1) is 12.1. The number of aromatic nitrogens is 2. The molecule has 0 fully saturated rings. The molecule has 0 bridgehead atoms. The number of benzene rings is 1. The van der Waals surface area contributed by atoms with Crippen LogP contribution in [0.25, 0.3) is 11.3 Å². The Balaban J connectivity index is 1.83. The van der Waals surface area contributed by atoms with E-state index in [0.717, 1.165) is 21.9 Å². The quantitative estimate of drug-likeness (QED) is 0.669. The van der Waals surface area contributed by atoms with Crippen molar-refractivity contribution in [2.75, 3.05) is 18.7 Å². The highest BCUT2D eigenvalue weighted by Gasteiger charge is 2.16. The van der Waals surface area contributed by atoms with Crippen LogP contribution in [0.2, 0.25) is 0 Å². The molecule has 1 N–H and O–H groups in total. The lowest BCUT2D eigenvalue weighted by Crippen LogP contribution is -2.13. The molecule has 0 saturated carbocycles. The molecule has 0 atom stereocenters. The predicted molar refractivity (Wildman–Crippen MR) is 103 cm³/mol. The van der Waals surface area contributed by atoms with Gasteiger partial charge in [-0.3, -0.25) is 10.1 Å². The summed E-state index contributed by atoms with van der Waals surface area (Å²) < 4.78 is 5.18. The Morgan fingerprint density at radius 2 is 2.00 bits per heavy atom. The number of aryl methyl sites for hydroxylation is 1. The van der Waals surface area contributed by atoms with Gasteiger partial charge in [0, 0.05) is 16.6 Å². The molecule has 0 unspecified atom stereocenters. The monoisotopic (exact) mass is 371 g/mol. The van der Waals surface area contributed by atoms with E-state index in [1.807, 2.05) is 37.4 Å². The Morgan fingerprint density at radius 1 is 1.24 bits per heavy atom. The molecular weight excluding hydrogens is 354 g/mol. The average molecular weight is 371 g/mol. The molecule has 1 amide bonds. The number of hydrogen-bond acceptors (Lipinski definition) is 6. The zero-order chi connectivity index (χ0) is 17.8. The number of pyridine rings is 1. The molecule has 5 nitrogen and oxygen atoms in total. The van der Waals surface area contributed by atoms with Crippen LogP contribution in [0.3, 0.4) is 0 Å². The van der Waals surface area contributed by atoms with Crippen molar-refractivity contribution < 1.29 is 9.53 Å². The molecule has 3 aromatic rings. The van der Waals surface area contributed by atoms with Crippen LogP contribution in [-0.4, -0.2) is 29.2 Å². The highest BCUT2D eigenvalue weighted by molar-refractivity contribution is 7.98. The SMILES string of the molecule is COc1ccc(-c2nc(NC(=O)c3cccnc3SC)sc2C)cc1. The summed E-state index contributed by atoms with van der Waals surface area (Å²) in [4.78, 5) is 22.4. The third kappa shape index (κ3) is 3.83. The smallest absolute Gasteiger partial charge is 0.260 e. The molecule has 0 radical (unpaired) electrons. The second-order valence-electron chi connectivity index (χ2n) is 5.17. The Labute approximate surface area is 154 Å². The maximum absolute atomic E-state index is 12.5. The summed E-state index contributed by atoms with van der Waals surface area (Å²) in [6, 6.07) is 11.2. The lowest BCUT2D eigenvalue weighted by Gasteiger charge is -2.05. The van der Waals surface area contributed by atoms with Crippen molar-refractivity contribution in [2.45, 2.75) is 11.9 Å². The van der Waals surface area contributed by atoms with E-state index in [-0.39, 0.29) is 5.91 Å². The highest BCUT2D eigenvalue weighted by Crippen LogP contribution is 2.31. The summed E-state index contributed by atoms with van der Waals surface area (Å²) >= 11 is 2.90. The summed E-state index contributed by atoms with van der Waals surface area (Å²) in [5, 5.41) is 4.15.